The van der Waals surface area contributed by atoms with Crippen molar-refractivity contribution in [3.8, 4) is 0 Å². The van der Waals surface area contributed by atoms with Crippen LogP contribution in [0, 0.1) is 0 Å². The monoisotopic (exact) mass is 389 g/mol. The van der Waals surface area contributed by atoms with E-state index in [1.165, 1.54) is 38.5 Å². The molecule has 20 heavy (non-hydrogen) atoms. The first-order valence-electron chi connectivity index (χ1n) is 8.39. The van der Waals surface area contributed by atoms with Gasteiger partial charge < -0.3 is 4.74 Å². The van der Waals surface area contributed by atoms with Crippen molar-refractivity contribution in [3.63, 3.8) is 0 Å². The van der Waals surface area contributed by atoms with Crippen molar-refractivity contribution in [2.24, 2.45) is 0 Å². The third kappa shape index (κ3) is 20.6. The molecule has 1 radical (unpaired) electrons. The Balaban J connectivity index is 0. The molecule has 0 amide bonds. The summed E-state index contributed by atoms with van der Waals surface area (Å²) in [6.45, 7) is 15.2. The average Bonchev–Trinajstić information content (AvgIpc) is 2.48. The molecule has 0 N–H and O–H groups in total. The van der Waals surface area contributed by atoms with Crippen LogP contribution in [0.1, 0.15) is 59.3 Å². The fourth-order valence-electron chi connectivity index (χ4n) is 1.89. The molecule has 0 bridgehead atoms. The first-order chi connectivity index (χ1) is 9.76. The van der Waals surface area contributed by atoms with Crippen molar-refractivity contribution in [2.45, 2.75) is 72.6 Å². The summed E-state index contributed by atoms with van der Waals surface area (Å²) in [4.78, 5) is 0. The molecule has 0 aliphatic heterocycles. The molecule has 0 spiro atoms. The maximum atomic E-state index is 4.90. The van der Waals surface area contributed by atoms with Crippen LogP contribution in [0.15, 0.2) is 25.3 Å². The number of hydrogen-bond acceptors (Lipinski definition) is 1. The molecule has 0 fully saturated rings. The van der Waals surface area contributed by atoms with Crippen LogP contribution in [-0.4, -0.2) is 33.0 Å². The molecule has 0 heterocycles. The Morgan fingerprint density at radius 3 is 1.35 bits per heavy atom. The van der Waals surface area contributed by atoms with E-state index in [2.05, 4.69) is 33.9 Å². The summed E-state index contributed by atoms with van der Waals surface area (Å²) in [5, 5.41) is 0. The fraction of sp³-hybridized carbons (Fsp3) is 0.778. The van der Waals surface area contributed by atoms with Crippen molar-refractivity contribution in [1.29, 1.82) is 0 Å². The average molecular weight is 388 g/mol. The van der Waals surface area contributed by atoms with Crippen molar-refractivity contribution >= 4 is 19.8 Å². The molecule has 0 aromatic rings. The second kappa shape index (κ2) is 21.5. The van der Waals surface area contributed by atoms with Gasteiger partial charge in [0.25, 0.3) is 0 Å². The Hall–Kier alpha value is 0.239. The molecule has 2 heteroatoms. The van der Waals surface area contributed by atoms with Crippen molar-refractivity contribution < 1.29 is 4.74 Å². The zero-order valence-electron chi connectivity index (χ0n) is 14.3. The third-order valence-electron chi connectivity index (χ3n) is 3.12. The molecule has 0 aliphatic carbocycles. The molecule has 0 saturated heterocycles. The van der Waals surface area contributed by atoms with Gasteiger partial charge in [-0.25, -0.2) is 0 Å². The quantitative estimate of drug-likeness (QED) is 0.206. The van der Waals surface area contributed by atoms with E-state index < -0.39 is 19.8 Å². The van der Waals surface area contributed by atoms with Gasteiger partial charge in [-0.2, -0.15) is 0 Å². The zero-order chi connectivity index (χ0) is 15.5. The van der Waals surface area contributed by atoms with Crippen LogP contribution in [-0.2, 0) is 4.74 Å². The van der Waals surface area contributed by atoms with E-state index in [1.807, 2.05) is 0 Å². The van der Waals surface area contributed by atoms with E-state index in [9.17, 15) is 0 Å². The topological polar surface area (TPSA) is 9.23 Å². The van der Waals surface area contributed by atoms with Crippen molar-refractivity contribution in [3.05, 3.63) is 25.3 Å². The Morgan fingerprint density at radius 1 is 0.750 bits per heavy atom. The molecule has 0 unspecified atom stereocenters. The predicted molar refractivity (Wildman–Crippen MR) is 96.1 cm³/mol. The van der Waals surface area contributed by atoms with Crippen LogP contribution in [0.5, 0.6) is 0 Å². The van der Waals surface area contributed by atoms with Gasteiger partial charge in [-0.1, -0.05) is 12.2 Å². The predicted octanol–water partition coefficient (Wildman–Crippen LogP) is 6.26. The Bertz CT molecular complexity index is 165. The molecule has 1 nitrogen and oxygen atoms in total. The molecule has 0 saturated carbocycles. The van der Waals surface area contributed by atoms with E-state index >= 15 is 0 Å². The van der Waals surface area contributed by atoms with Crippen LogP contribution in [0.3, 0.4) is 0 Å². The number of rotatable bonds is 13. The Labute approximate surface area is 135 Å². The SMILES string of the molecule is C=CCOCC=C.CCC[CH2][Sn]([CH2]CCC)[CH2]CCC. The van der Waals surface area contributed by atoms with Gasteiger partial charge in [-0.05, 0) is 0 Å². The zero-order valence-corrected chi connectivity index (χ0v) is 17.1. The summed E-state index contributed by atoms with van der Waals surface area (Å²) in [6.07, 6.45) is 12.3. The van der Waals surface area contributed by atoms with Gasteiger partial charge >= 0.3 is 92.4 Å². The van der Waals surface area contributed by atoms with Gasteiger partial charge in [0, 0.05) is 0 Å². The summed E-state index contributed by atoms with van der Waals surface area (Å²) in [6, 6.07) is 0. The Morgan fingerprint density at radius 2 is 1.10 bits per heavy atom. The summed E-state index contributed by atoms with van der Waals surface area (Å²) in [7, 11) is 0. The van der Waals surface area contributed by atoms with E-state index in [0.717, 1.165) is 0 Å². The molecular weight excluding hydrogens is 351 g/mol. The molecule has 0 rings (SSSR count). The second-order valence-corrected chi connectivity index (χ2v) is 13.7. The number of hydrogen-bond donors (Lipinski definition) is 0. The van der Waals surface area contributed by atoms with Crippen LogP contribution < -0.4 is 0 Å². The summed E-state index contributed by atoms with van der Waals surface area (Å²) >= 11 is -0.839. The maximum absolute atomic E-state index is 4.90. The van der Waals surface area contributed by atoms with E-state index in [-0.39, 0.29) is 0 Å². The van der Waals surface area contributed by atoms with Gasteiger partial charge in [-0.3, -0.25) is 0 Å². The van der Waals surface area contributed by atoms with E-state index in [1.54, 1.807) is 25.5 Å². The van der Waals surface area contributed by atoms with Gasteiger partial charge in [0.2, 0.25) is 0 Å². The van der Waals surface area contributed by atoms with Crippen LogP contribution in [0.2, 0.25) is 13.3 Å². The summed E-state index contributed by atoms with van der Waals surface area (Å²) < 4.78 is 9.93. The number of ether oxygens (including phenoxy) is 1. The minimum absolute atomic E-state index is 0.617. The van der Waals surface area contributed by atoms with Crippen LogP contribution in [0.25, 0.3) is 0 Å². The van der Waals surface area contributed by atoms with Crippen molar-refractivity contribution in [1.82, 2.24) is 0 Å². The van der Waals surface area contributed by atoms with Gasteiger partial charge in [0.05, 0.1) is 13.2 Å². The number of unbranched alkanes of at least 4 members (excludes halogenated alkanes) is 3. The molecule has 119 valence electrons. The first kappa shape index (κ1) is 22.5. The van der Waals surface area contributed by atoms with Gasteiger partial charge in [0.15, 0.2) is 0 Å². The van der Waals surface area contributed by atoms with Crippen molar-refractivity contribution in [2.75, 3.05) is 13.2 Å². The van der Waals surface area contributed by atoms with Gasteiger partial charge in [0.1, 0.15) is 0 Å². The van der Waals surface area contributed by atoms with Crippen LogP contribution >= 0.6 is 0 Å². The third-order valence-corrected chi connectivity index (χ3v) is 12.2. The molecule has 0 aromatic carbocycles. The molecule has 0 aliphatic rings. The first-order valence-corrected chi connectivity index (χ1v) is 14.4. The Kier molecular flexibility index (Phi) is 24.2. The summed E-state index contributed by atoms with van der Waals surface area (Å²) in [5.74, 6) is 0. The minimum atomic E-state index is -0.839. The van der Waals surface area contributed by atoms with Crippen LogP contribution in [0.4, 0.5) is 0 Å². The van der Waals surface area contributed by atoms with E-state index in [0.29, 0.717) is 13.2 Å². The fourth-order valence-corrected chi connectivity index (χ4v) is 11.3. The van der Waals surface area contributed by atoms with Gasteiger partial charge in [-0.15, -0.1) is 13.2 Å². The van der Waals surface area contributed by atoms with E-state index in [4.69, 9.17) is 4.74 Å². The molecular formula is C18H37OSn. The standard InChI is InChI=1S/C6H10O.3C4H9.Sn/c1-3-5-7-6-4-2;3*1-3-4-2;/h3-4H,1-2,5-6H2;3*1,3-4H2,2H3;. The summed E-state index contributed by atoms with van der Waals surface area (Å²) in [5.41, 5.74) is 0. The molecule has 0 atom stereocenters. The normalized spacial score (nSPS) is 10.0. The second-order valence-electron chi connectivity index (χ2n) is 5.18. The molecule has 0 aromatic heterocycles.